The van der Waals surface area contributed by atoms with Crippen LogP contribution < -0.4 is 5.32 Å². The van der Waals surface area contributed by atoms with Crippen LogP contribution in [-0.2, 0) is 0 Å². The van der Waals surface area contributed by atoms with Gasteiger partial charge in [0.25, 0.3) is 0 Å². The first-order valence-electron chi connectivity index (χ1n) is 4.78. The minimum atomic E-state index is 0.157. The van der Waals surface area contributed by atoms with Crippen molar-refractivity contribution in [2.75, 3.05) is 6.54 Å². The van der Waals surface area contributed by atoms with Gasteiger partial charge in [-0.1, -0.05) is 34.1 Å². The van der Waals surface area contributed by atoms with Crippen molar-refractivity contribution in [1.29, 1.82) is 0 Å². The number of nitrogens with one attached hydrogen (secondary N) is 1. The molecule has 14 heavy (non-hydrogen) atoms. The lowest BCUT2D eigenvalue weighted by molar-refractivity contribution is 0.0990. The molecular formula is C11H12BrNO. The molecule has 1 aliphatic rings. The summed E-state index contributed by atoms with van der Waals surface area (Å²) in [6.45, 7) is 0.452. The van der Waals surface area contributed by atoms with Gasteiger partial charge < -0.3 is 5.32 Å². The Morgan fingerprint density at radius 1 is 1.43 bits per heavy atom. The zero-order valence-corrected chi connectivity index (χ0v) is 9.38. The topological polar surface area (TPSA) is 29.1 Å². The lowest BCUT2D eigenvalue weighted by Gasteiger charge is -2.03. The third-order valence-corrected chi connectivity index (χ3v) is 2.99. The summed E-state index contributed by atoms with van der Waals surface area (Å²) in [6, 6.07) is 8.12. The van der Waals surface area contributed by atoms with Crippen LogP contribution in [0, 0.1) is 0 Å². The van der Waals surface area contributed by atoms with Gasteiger partial charge >= 0.3 is 0 Å². The van der Waals surface area contributed by atoms with Gasteiger partial charge in [-0.2, -0.15) is 0 Å². The number of carbonyl (C=O) groups is 1. The fourth-order valence-electron chi connectivity index (χ4n) is 1.31. The molecule has 2 rings (SSSR count). The summed E-state index contributed by atoms with van der Waals surface area (Å²) >= 11 is 3.37. The van der Waals surface area contributed by atoms with Crippen LogP contribution in [0.1, 0.15) is 23.2 Å². The highest BCUT2D eigenvalue weighted by atomic mass is 79.9. The molecule has 0 saturated heterocycles. The van der Waals surface area contributed by atoms with Crippen LogP contribution in [0.25, 0.3) is 0 Å². The summed E-state index contributed by atoms with van der Waals surface area (Å²) in [5.74, 6) is 0.157. The third kappa shape index (κ3) is 2.42. The van der Waals surface area contributed by atoms with E-state index in [1.807, 2.05) is 24.3 Å². The summed E-state index contributed by atoms with van der Waals surface area (Å²) in [6.07, 6.45) is 2.42. The lowest BCUT2D eigenvalue weighted by Crippen LogP contribution is -2.25. The summed E-state index contributed by atoms with van der Waals surface area (Å²) in [4.78, 5) is 11.7. The minimum Gasteiger partial charge on any atom is -0.307 e. The summed E-state index contributed by atoms with van der Waals surface area (Å²) in [7, 11) is 0. The second-order valence-corrected chi connectivity index (χ2v) is 4.41. The monoisotopic (exact) mass is 253 g/mol. The summed E-state index contributed by atoms with van der Waals surface area (Å²) < 4.78 is 0.877. The van der Waals surface area contributed by atoms with E-state index in [1.54, 1.807) is 0 Å². The van der Waals surface area contributed by atoms with Gasteiger partial charge in [0.05, 0.1) is 6.54 Å². The van der Waals surface area contributed by atoms with Gasteiger partial charge in [-0.3, -0.25) is 4.79 Å². The maximum Gasteiger partial charge on any atom is 0.177 e. The molecule has 0 radical (unpaired) electrons. The molecule has 74 valence electrons. The molecule has 1 N–H and O–H groups in total. The molecule has 1 aromatic carbocycles. The quantitative estimate of drug-likeness (QED) is 0.836. The van der Waals surface area contributed by atoms with E-state index >= 15 is 0 Å². The van der Waals surface area contributed by atoms with Gasteiger partial charge in [0.2, 0.25) is 0 Å². The molecule has 3 heteroatoms. The van der Waals surface area contributed by atoms with E-state index in [0.717, 1.165) is 10.0 Å². The molecule has 2 nitrogen and oxygen atoms in total. The van der Waals surface area contributed by atoms with Crippen molar-refractivity contribution in [3.8, 4) is 0 Å². The largest absolute Gasteiger partial charge is 0.307 e. The number of hydrogen-bond acceptors (Lipinski definition) is 2. The SMILES string of the molecule is O=C(CNC1CC1)c1ccccc1Br. The molecular weight excluding hydrogens is 242 g/mol. The molecule has 0 atom stereocenters. The zero-order chi connectivity index (χ0) is 9.97. The highest BCUT2D eigenvalue weighted by Crippen LogP contribution is 2.19. The number of Topliss-reactive ketones (excluding diaryl/α,β-unsaturated/α-hetero) is 1. The highest BCUT2D eigenvalue weighted by molar-refractivity contribution is 9.10. The Morgan fingerprint density at radius 3 is 2.79 bits per heavy atom. The minimum absolute atomic E-state index is 0.157. The van der Waals surface area contributed by atoms with Crippen molar-refractivity contribution in [3.05, 3.63) is 34.3 Å². The number of benzene rings is 1. The zero-order valence-electron chi connectivity index (χ0n) is 7.79. The summed E-state index contributed by atoms with van der Waals surface area (Å²) in [5.41, 5.74) is 0.764. The van der Waals surface area contributed by atoms with E-state index in [4.69, 9.17) is 0 Å². The summed E-state index contributed by atoms with van der Waals surface area (Å²) in [5, 5.41) is 3.21. The molecule has 1 saturated carbocycles. The first-order valence-corrected chi connectivity index (χ1v) is 5.58. The van der Waals surface area contributed by atoms with Gasteiger partial charge in [0, 0.05) is 16.1 Å². The van der Waals surface area contributed by atoms with Crippen LogP contribution in [0.4, 0.5) is 0 Å². The van der Waals surface area contributed by atoms with Crippen LogP contribution in [0.2, 0.25) is 0 Å². The average molecular weight is 254 g/mol. The molecule has 0 amide bonds. The predicted octanol–water partition coefficient (Wildman–Crippen LogP) is 2.38. The van der Waals surface area contributed by atoms with Crippen LogP contribution in [0.15, 0.2) is 28.7 Å². The lowest BCUT2D eigenvalue weighted by atomic mass is 10.1. The number of rotatable bonds is 4. The van der Waals surface area contributed by atoms with Crippen molar-refractivity contribution >= 4 is 21.7 Å². The number of halogens is 1. The second kappa shape index (κ2) is 4.24. The molecule has 1 aromatic rings. The van der Waals surface area contributed by atoms with E-state index < -0.39 is 0 Å². The molecule has 0 spiro atoms. The van der Waals surface area contributed by atoms with Crippen LogP contribution in [0.5, 0.6) is 0 Å². The van der Waals surface area contributed by atoms with Crippen molar-refractivity contribution in [2.45, 2.75) is 18.9 Å². The number of ketones is 1. The molecule has 1 aliphatic carbocycles. The fourth-order valence-corrected chi connectivity index (χ4v) is 1.81. The normalized spacial score (nSPS) is 15.5. The van der Waals surface area contributed by atoms with Gasteiger partial charge in [-0.25, -0.2) is 0 Å². The third-order valence-electron chi connectivity index (χ3n) is 2.30. The van der Waals surface area contributed by atoms with Gasteiger partial charge in [0.15, 0.2) is 5.78 Å². The van der Waals surface area contributed by atoms with E-state index in [1.165, 1.54) is 12.8 Å². The standard InChI is InChI=1S/C11H12BrNO/c12-10-4-2-1-3-9(10)11(14)7-13-8-5-6-8/h1-4,8,13H,5-7H2. The Hall–Kier alpha value is -0.670. The smallest absolute Gasteiger partial charge is 0.177 e. The number of carbonyl (C=O) groups excluding carboxylic acids is 1. The van der Waals surface area contributed by atoms with E-state index in [-0.39, 0.29) is 5.78 Å². The maximum absolute atomic E-state index is 11.7. The predicted molar refractivity (Wildman–Crippen MR) is 59.5 cm³/mol. The van der Waals surface area contributed by atoms with Crippen molar-refractivity contribution in [1.82, 2.24) is 5.32 Å². The van der Waals surface area contributed by atoms with Crippen LogP contribution >= 0.6 is 15.9 Å². The van der Waals surface area contributed by atoms with Crippen molar-refractivity contribution in [3.63, 3.8) is 0 Å². The van der Waals surface area contributed by atoms with Gasteiger partial charge in [-0.05, 0) is 18.9 Å². The fraction of sp³-hybridized carbons (Fsp3) is 0.364. The van der Waals surface area contributed by atoms with Gasteiger partial charge in [-0.15, -0.1) is 0 Å². The first-order chi connectivity index (χ1) is 6.77. The van der Waals surface area contributed by atoms with E-state index in [0.29, 0.717) is 12.6 Å². The van der Waals surface area contributed by atoms with Crippen LogP contribution in [0.3, 0.4) is 0 Å². The van der Waals surface area contributed by atoms with E-state index in [9.17, 15) is 4.79 Å². The molecule has 1 fully saturated rings. The molecule has 0 aliphatic heterocycles. The second-order valence-electron chi connectivity index (χ2n) is 3.56. The first kappa shape index (κ1) is 9.87. The van der Waals surface area contributed by atoms with Crippen molar-refractivity contribution in [2.24, 2.45) is 0 Å². The molecule has 0 aromatic heterocycles. The Morgan fingerprint density at radius 2 is 2.14 bits per heavy atom. The number of hydrogen-bond donors (Lipinski definition) is 1. The Labute approximate surface area is 91.8 Å². The Kier molecular flexibility index (Phi) is 2.99. The molecule has 0 heterocycles. The average Bonchev–Trinajstić information content (AvgIpc) is 2.98. The highest BCUT2D eigenvalue weighted by Gasteiger charge is 2.21. The molecule has 0 unspecified atom stereocenters. The van der Waals surface area contributed by atoms with Crippen molar-refractivity contribution < 1.29 is 4.79 Å². The Bertz CT molecular complexity index is 347. The molecule has 0 bridgehead atoms. The van der Waals surface area contributed by atoms with E-state index in [2.05, 4.69) is 21.2 Å². The van der Waals surface area contributed by atoms with Crippen LogP contribution in [-0.4, -0.2) is 18.4 Å². The Balaban J connectivity index is 1.98. The maximum atomic E-state index is 11.7. The van der Waals surface area contributed by atoms with Gasteiger partial charge in [0.1, 0.15) is 0 Å².